The SMILES string of the molecule is CN1CC(CN2C(=O)C3CC(S(=O)(=O)NC4(CF)CC4)CCC3N(CC3CNCO3)C2=O)CN1. The normalized spacial score (nSPS) is 36.2. The fraction of sp³-hybridized carbons (Fsp3) is 0.905. The van der Waals surface area contributed by atoms with Crippen molar-refractivity contribution in [3.8, 4) is 0 Å². The summed E-state index contributed by atoms with van der Waals surface area (Å²) in [6.07, 6.45) is 1.70. The number of hydrogen-bond donors (Lipinski definition) is 3. The molecule has 3 amide bonds. The molecule has 0 aromatic heterocycles. The van der Waals surface area contributed by atoms with E-state index >= 15 is 0 Å². The van der Waals surface area contributed by atoms with E-state index in [0.29, 0.717) is 65.1 Å². The maximum atomic E-state index is 13.6. The molecule has 3 heterocycles. The third-order valence-electron chi connectivity index (χ3n) is 7.95. The largest absolute Gasteiger partial charge is 0.360 e. The highest BCUT2D eigenvalue weighted by Gasteiger charge is 2.53. The van der Waals surface area contributed by atoms with Crippen LogP contribution in [0.2, 0.25) is 0 Å². The molecule has 192 valence electrons. The molecule has 0 bridgehead atoms. The lowest BCUT2D eigenvalue weighted by Gasteiger charge is -2.49. The predicted octanol–water partition coefficient (Wildman–Crippen LogP) is -0.778. The summed E-state index contributed by atoms with van der Waals surface area (Å²) in [6.45, 7) is 2.36. The van der Waals surface area contributed by atoms with Gasteiger partial charge < -0.3 is 9.64 Å². The van der Waals surface area contributed by atoms with Gasteiger partial charge in [0.2, 0.25) is 15.9 Å². The van der Waals surface area contributed by atoms with Crippen LogP contribution in [0.4, 0.5) is 9.18 Å². The monoisotopic (exact) mass is 502 g/mol. The third kappa shape index (κ3) is 4.70. The number of nitrogens with one attached hydrogen (secondary N) is 3. The van der Waals surface area contributed by atoms with Crippen molar-refractivity contribution in [1.29, 1.82) is 0 Å². The van der Waals surface area contributed by atoms with Gasteiger partial charge in [0.25, 0.3) is 0 Å². The summed E-state index contributed by atoms with van der Waals surface area (Å²) >= 11 is 0. The summed E-state index contributed by atoms with van der Waals surface area (Å²) in [6, 6.07) is -0.669. The van der Waals surface area contributed by atoms with Gasteiger partial charge in [-0.3, -0.25) is 20.4 Å². The lowest BCUT2D eigenvalue weighted by Crippen LogP contribution is -2.66. The summed E-state index contributed by atoms with van der Waals surface area (Å²) in [4.78, 5) is 30.1. The number of hydrogen-bond acceptors (Lipinski definition) is 8. The van der Waals surface area contributed by atoms with E-state index in [9.17, 15) is 22.4 Å². The summed E-state index contributed by atoms with van der Waals surface area (Å²) in [5.41, 5.74) is 2.24. The maximum Gasteiger partial charge on any atom is 0.327 e. The fourth-order valence-corrected chi connectivity index (χ4v) is 7.72. The number of ether oxygens (including phenoxy) is 1. The van der Waals surface area contributed by atoms with Crippen LogP contribution in [0, 0.1) is 11.8 Å². The van der Waals surface area contributed by atoms with Crippen LogP contribution >= 0.6 is 0 Å². The zero-order valence-corrected chi connectivity index (χ0v) is 20.4. The van der Waals surface area contributed by atoms with Crippen LogP contribution in [0.15, 0.2) is 0 Å². The standard InChI is InChI=1S/C21H35FN6O5S/c1-26-9-14(7-24-26)10-28-19(29)17-6-16(34(31,32)25-21(12-22)4-5-21)2-3-18(17)27(20(28)30)11-15-8-23-13-33-15/h14-18,23-25H,2-13H2,1H3. The molecule has 0 aromatic rings. The molecular weight excluding hydrogens is 467 g/mol. The number of sulfonamides is 1. The van der Waals surface area contributed by atoms with Crippen LogP contribution in [-0.2, 0) is 19.6 Å². The lowest BCUT2D eigenvalue weighted by atomic mass is 9.80. The molecule has 34 heavy (non-hydrogen) atoms. The van der Waals surface area contributed by atoms with Crippen molar-refractivity contribution >= 4 is 22.0 Å². The van der Waals surface area contributed by atoms with E-state index in [1.165, 1.54) is 4.90 Å². The molecule has 5 unspecified atom stereocenters. The Kier molecular flexibility index (Phi) is 6.61. The minimum absolute atomic E-state index is 0.102. The van der Waals surface area contributed by atoms with E-state index in [4.69, 9.17) is 4.74 Å². The molecule has 5 aliphatic rings. The number of alkyl halides is 1. The fourth-order valence-electron chi connectivity index (χ4n) is 5.78. The summed E-state index contributed by atoms with van der Waals surface area (Å²) in [7, 11) is -1.86. The molecule has 3 saturated heterocycles. The van der Waals surface area contributed by atoms with Crippen molar-refractivity contribution in [3.63, 3.8) is 0 Å². The van der Waals surface area contributed by atoms with Gasteiger partial charge in [0, 0.05) is 45.2 Å². The zero-order chi connectivity index (χ0) is 24.1. The van der Waals surface area contributed by atoms with E-state index in [2.05, 4.69) is 15.5 Å². The van der Waals surface area contributed by atoms with Gasteiger partial charge in [-0.15, -0.1) is 0 Å². The van der Waals surface area contributed by atoms with Crippen molar-refractivity contribution in [2.75, 3.05) is 53.2 Å². The van der Waals surface area contributed by atoms with Gasteiger partial charge in [-0.1, -0.05) is 0 Å². The smallest absolute Gasteiger partial charge is 0.327 e. The second-order valence-corrected chi connectivity index (χ2v) is 12.5. The molecule has 0 spiro atoms. The molecule has 5 rings (SSSR count). The summed E-state index contributed by atoms with van der Waals surface area (Å²) in [5, 5.41) is 4.28. The number of hydrazine groups is 1. The Bertz CT molecular complexity index is 911. The maximum absolute atomic E-state index is 13.6. The van der Waals surface area contributed by atoms with Crippen LogP contribution < -0.4 is 15.5 Å². The highest BCUT2D eigenvalue weighted by atomic mass is 32.2. The topological polar surface area (TPSA) is 123 Å². The minimum Gasteiger partial charge on any atom is -0.360 e. The molecule has 3 aliphatic heterocycles. The number of amides is 3. The molecule has 5 atom stereocenters. The Morgan fingerprint density at radius 1 is 1.21 bits per heavy atom. The van der Waals surface area contributed by atoms with E-state index in [-0.39, 0.29) is 36.4 Å². The lowest BCUT2D eigenvalue weighted by molar-refractivity contribution is -0.141. The summed E-state index contributed by atoms with van der Waals surface area (Å²) in [5.74, 6) is -0.794. The van der Waals surface area contributed by atoms with Gasteiger partial charge in [0.15, 0.2) is 0 Å². The predicted molar refractivity (Wildman–Crippen MR) is 121 cm³/mol. The molecule has 2 saturated carbocycles. The van der Waals surface area contributed by atoms with Gasteiger partial charge >= 0.3 is 6.03 Å². The third-order valence-corrected chi connectivity index (χ3v) is 9.97. The number of rotatable bonds is 8. The Balaban J connectivity index is 1.35. The number of imide groups is 1. The highest BCUT2D eigenvalue weighted by molar-refractivity contribution is 7.90. The van der Waals surface area contributed by atoms with Crippen molar-refractivity contribution in [1.82, 2.24) is 30.3 Å². The molecule has 5 fully saturated rings. The molecular formula is C21H35FN6O5S. The summed E-state index contributed by atoms with van der Waals surface area (Å²) < 4.78 is 47.8. The van der Waals surface area contributed by atoms with Crippen LogP contribution in [0.5, 0.6) is 0 Å². The van der Waals surface area contributed by atoms with Crippen LogP contribution in [0.1, 0.15) is 32.1 Å². The van der Waals surface area contributed by atoms with Crippen molar-refractivity contribution in [3.05, 3.63) is 0 Å². The number of halogens is 1. The number of fused-ring (bicyclic) bond motifs is 1. The van der Waals surface area contributed by atoms with Gasteiger partial charge in [-0.05, 0) is 32.1 Å². The second kappa shape index (κ2) is 9.25. The van der Waals surface area contributed by atoms with Crippen molar-refractivity contribution in [2.24, 2.45) is 11.8 Å². The highest BCUT2D eigenvalue weighted by Crippen LogP contribution is 2.41. The number of urea groups is 1. The molecule has 0 aromatic carbocycles. The molecule has 3 N–H and O–H groups in total. The van der Waals surface area contributed by atoms with Crippen LogP contribution in [0.3, 0.4) is 0 Å². The Hall–Kier alpha value is -1.38. The van der Waals surface area contributed by atoms with Crippen molar-refractivity contribution in [2.45, 2.75) is 55.0 Å². The molecule has 13 heteroatoms. The van der Waals surface area contributed by atoms with E-state index in [0.717, 1.165) is 0 Å². The van der Waals surface area contributed by atoms with Crippen molar-refractivity contribution < 1.29 is 27.1 Å². The van der Waals surface area contributed by atoms with E-state index in [1.807, 2.05) is 12.1 Å². The van der Waals surface area contributed by atoms with Crippen LogP contribution in [-0.4, -0.2) is 111 Å². The minimum atomic E-state index is -3.78. The van der Waals surface area contributed by atoms with Gasteiger partial charge in [-0.2, -0.15) is 0 Å². The number of carbonyl (C=O) groups excluding carboxylic acids is 2. The van der Waals surface area contributed by atoms with Gasteiger partial charge in [-0.25, -0.2) is 27.3 Å². The first-order chi connectivity index (χ1) is 16.2. The number of nitrogens with zero attached hydrogens (tertiary/aromatic N) is 3. The van der Waals surface area contributed by atoms with E-state index < -0.39 is 33.4 Å². The quantitative estimate of drug-likeness (QED) is 0.395. The Morgan fingerprint density at radius 2 is 2.00 bits per heavy atom. The zero-order valence-electron chi connectivity index (χ0n) is 19.5. The van der Waals surface area contributed by atoms with Crippen LogP contribution in [0.25, 0.3) is 0 Å². The molecule has 0 radical (unpaired) electrons. The van der Waals surface area contributed by atoms with Gasteiger partial charge in [0.1, 0.15) is 6.67 Å². The Morgan fingerprint density at radius 3 is 2.62 bits per heavy atom. The average Bonchev–Trinajstić information content (AvgIpc) is 3.17. The number of carbonyl (C=O) groups is 2. The van der Waals surface area contributed by atoms with Gasteiger partial charge in [0.05, 0.1) is 36.1 Å². The second-order valence-electron chi connectivity index (χ2n) is 10.5. The first kappa shape index (κ1) is 24.3. The average molecular weight is 503 g/mol. The first-order valence-electron chi connectivity index (χ1n) is 12.2. The molecule has 2 aliphatic carbocycles. The molecule has 11 nitrogen and oxygen atoms in total. The Labute approximate surface area is 199 Å². The first-order valence-corrected chi connectivity index (χ1v) is 13.7. The van der Waals surface area contributed by atoms with E-state index in [1.54, 1.807) is 4.90 Å².